The highest BCUT2D eigenvalue weighted by molar-refractivity contribution is 5.75. The lowest BCUT2D eigenvalue weighted by molar-refractivity contribution is -0.156. The van der Waals surface area contributed by atoms with Crippen LogP contribution < -0.4 is 4.74 Å². The van der Waals surface area contributed by atoms with Gasteiger partial charge in [0.15, 0.2) is 6.10 Å². The minimum Gasteiger partial charge on any atom is -0.492 e. The van der Waals surface area contributed by atoms with E-state index < -0.39 is 6.10 Å². The minimum absolute atomic E-state index is 0.317. The molecule has 0 saturated heterocycles. The SMILES string of the molecule is CCOC(=O)[C@@H](Cc1ccc(OCCn2cc(-c3ccccc3)cc2C(C)C)cc1)OCC. The summed E-state index contributed by atoms with van der Waals surface area (Å²) in [5, 5.41) is 0. The van der Waals surface area contributed by atoms with Gasteiger partial charge in [0.25, 0.3) is 0 Å². The van der Waals surface area contributed by atoms with E-state index in [0.29, 0.717) is 32.2 Å². The summed E-state index contributed by atoms with van der Waals surface area (Å²) >= 11 is 0. The first-order chi connectivity index (χ1) is 16.0. The van der Waals surface area contributed by atoms with Gasteiger partial charge in [0.1, 0.15) is 12.4 Å². The third-order valence-corrected chi connectivity index (χ3v) is 5.49. The number of esters is 1. The van der Waals surface area contributed by atoms with Gasteiger partial charge in [-0.05, 0) is 54.7 Å². The number of ether oxygens (including phenoxy) is 3. The van der Waals surface area contributed by atoms with Gasteiger partial charge in [-0.1, -0.05) is 56.3 Å². The lowest BCUT2D eigenvalue weighted by Crippen LogP contribution is -2.28. The summed E-state index contributed by atoms with van der Waals surface area (Å²) in [6.07, 6.45) is 2.11. The largest absolute Gasteiger partial charge is 0.492 e. The summed E-state index contributed by atoms with van der Waals surface area (Å²) in [4.78, 5) is 12.1. The summed E-state index contributed by atoms with van der Waals surface area (Å²) in [5.41, 5.74) is 4.76. The Labute approximate surface area is 197 Å². The average molecular weight is 450 g/mol. The van der Waals surface area contributed by atoms with E-state index in [1.165, 1.54) is 16.8 Å². The number of carbonyl (C=O) groups is 1. The van der Waals surface area contributed by atoms with Gasteiger partial charge in [-0.15, -0.1) is 0 Å². The third kappa shape index (κ3) is 6.96. The van der Waals surface area contributed by atoms with Crippen molar-refractivity contribution in [2.45, 2.75) is 52.7 Å². The number of hydrogen-bond donors (Lipinski definition) is 0. The fourth-order valence-electron chi connectivity index (χ4n) is 3.85. The van der Waals surface area contributed by atoms with E-state index in [2.05, 4.69) is 54.9 Å². The second kappa shape index (κ2) is 12.3. The van der Waals surface area contributed by atoms with Gasteiger partial charge < -0.3 is 18.8 Å². The standard InChI is InChI=1S/C28H35NO4/c1-5-31-27(28(30)32-6-2)18-22-12-14-25(15-13-22)33-17-16-29-20-24(19-26(29)21(3)4)23-10-8-7-9-11-23/h7-15,19-21,27H,5-6,16-18H2,1-4H3/t27-/m1/s1. The Balaban J connectivity index is 1.58. The van der Waals surface area contributed by atoms with E-state index >= 15 is 0 Å². The zero-order chi connectivity index (χ0) is 23.6. The van der Waals surface area contributed by atoms with Gasteiger partial charge in [0, 0.05) is 24.9 Å². The molecule has 0 bridgehead atoms. The maximum Gasteiger partial charge on any atom is 0.335 e. The molecule has 0 fully saturated rings. The molecule has 33 heavy (non-hydrogen) atoms. The van der Waals surface area contributed by atoms with Crippen LogP contribution in [0.2, 0.25) is 0 Å². The monoisotopic (exact) mass is 449 g/mol. The average Bonchev–Trinajstić information content (AvgIpc) is 3.25. The van der Waals surface area contributed by atoms with Gasteiger partial charge >= 0.3 is 5.97 Å². The summed E-state index contributed by atoms with van der Waals surface area (Å²) in [5.74, 6) is 0.922. The molecule has 3 aromatic rings. The highest BCUT2D eigenvalue weighted by Crippen LogP contribution is 2.26. The summed E-state index contributed by atoms with van der Waals surface area (Å²) in [6.45, 7) is 10.3. The maximum atomic E-state index is 12.1. The van der Waals surface area contributed by atoms with Crippen LogP contribution >= 0.6 is 0 Å². The topological polar surface area (TPSA) is 49.7 Å². The van der Waals surface area contributed by atoms with Crippen LogP contribution in [0.25, 0.3) is 11.1 Å². The van der Waals surface area contributed by atoms with Crippen LogP contribution in [0.3, 0.4) is 0 Å². The molecular formula is C28H35NO4. The number of benzene rings is 2. The van der Waals surface area contributed by atoms with Crippen molar-refractivity contribution in [2.24, 2.45) is 0 Å². The molecule has 5 heteroatoms. The number of aromatic nitrogens is 1. The molecule has 0 aliphatic rings. The van der Waals surface area contributed by atoms with E-state index in [-0.39, 0.29) is 5.97 Å². The number of rotatable bonds is 12. The molecule has 0 N–H and O–H groups in total. The van der Waals surface area contributed by atoms with Gasteiger partial charge in [0.2, 0.25) is 0 Å². The van der Waals surface area contributed by atoms with Crippen molar-refractivity contribution in [3.8, 4) is 16.9 Å². The highest BCUT2D eigenvalue weighted by Gasteiger charge is 2.20. The molecule has 2 aromatic carbocycles. The van der Waals surface area contributed by atoms with E-state index in [9.17, 15) is 4.79 Å². The lowest BCUT2D eigenvalue weighted by atomic mass is 10.1. The zero-order valence-electron chi connectivity index (χ0n) is 20.1. The van der Waals surface area contributed by atoms with Crippen molar-refractivity contribution in [3.63, 3.8) is 0 Å². The van der Waals surface area contributed by atoms with E-state index in [1.807, 2.05) is 37.3 Å². The maximum absolute atomic E-state index is 12.1. The van der Waals surface area contributed by atoms with Crippen LogP contribution in [0.15, 0.2) is 66.9 Å². The predicted molar refractivity (Wildman–Crippen MR) is 132 cm³/mol. The first kappa shape index (κ1) is 24.6. The number of hydrogen-bond acceptors (Lipinski definition) is 4. The Hall–Kier alpha value is -3.05. The predicted octanol–water partition coefficient (Wildman–Crippen LogP) is 5.87. The number of nitrogens with zero attached hydrogens (tertiary/aromatic N) is 1. The van der Waals surface area contributed by atoms with Crippen molar-refractivity contribution in [1.82, 2.24) is 4.57 Å². The summed E-state index contributed by atoms with van der Waals surface area (Å²) in [7, 11) is 0. The molecule has 0 amide bonds. The van der Waals surface area contributed by atoms with Crippen molar-refractivity contribution in [3.05, 3.63) is 78.1 Å². The first-order valence-electron chi connectivity index (χ1n) is 11.8. The van der Waals surface area contributed by atoms with Gasteiger partial charge in [-0.3, -0.25) is 0 Å². The molecule has 0 spiro atoms. The van der Waals surface area contributed by atoms with E-state index in [1.54, 1.807) is 6.92 Å². The summed E-state index contributed by atoms with van der Waals surface area (Å²) < 4.78 is 19.0. The molecule has 3 rings (SSSR count). The Bertz CT molecular complexity index is 992. The quantitative estimate of drug-likeness (QED) is 0.325. The normalized spacial score (nSPS) is 12.0. The Morgan fingerprint density at radius 1 is 0.939 bits per heavy atom. The second-order valence-electron chi connectivity index (χ2n) is 8.26. The van der Waals surface area contributed by atoms with Crippen molar-refractivity contribution in [2.75, 3.05) is 19.8 Å². The van der Waals surface area contributed by atoms with Crippen LogP contribution in [0, 0.1) is 0 Å². The fraction of sp³-hybridized carbons (Fsp3) is 0.393. The molecule has 0 saturated carbocycles. The molecule has 0 aliphatic heterocycles. The van der Waals surface area contributed by atoms with Crippen LogP contribution in [-0.4, -0.2) is 36.5 Å². The van der Waals surface area contributed by atoms with Gasteiger partial charge in [-0.2, -0.15) is 0 Å². The smallest absolute Gasteiger partial charge is 0.335 e. The molecular weight excluding hydrogens is 414 g/mol. The lowest BCUT2D eigenvalue weighted by Gasteiger charge is -2.16. The van der Waals surface area contributed by atoms with Crippen LogP contribution in [-0.2, 0) is 27.2 Å². The molecule has 0 radical (unpaired) electrons. The highest BCUT2D eigenvalue weighted by atomic mass is 16.6. The third-order valence-electron chi connectivity index (χ3n) is 5.49. The molecule has 0 unspecified atom stereocenters. The molecule has 1 atom stereocenters. The molecule has 5 nitrogen and oxygen atoms in total. The molecule has 176 valence electrons. The van der Waals surface area contributed by atoms with Gasteiger partial charge in [0.05, 0.1) is 13.2 Å². The van der Waals surface area contributed by atoms with Crippen molar-refractivity contribution < 1.29 is 19.0 Å². The van der Waals surface area contributed by atoms with Crippen LogP contribution in [0.5, 0.6) is 5.75 Å². The molecule has 1 aromatic heterocycles. The van der Waals surface area contributed by atoms with Gasteiger partial charge in [-0.25, -0.2) is 4.79 Å². The Morgan fingerprint density at radius 3 is 2.30 bits per heavy atom. The first-order valence-corrected chi connectivity index (χ1v) is 11.8. The minimum atomic E-state index is -0.580. The fourth-order valence-corrected chi connectivity index (χ4v) is 3.85. The van der Waals surface area contributed by atoms with Crippen LogP contribution in [0.4, 0.5) is 0 Å². The van der Waals surface area contributed by atoms with E-state index in [0.717, 1.165) is 17.9 Å². The molecule has 0 aliphatic carbocycles. The van der Waals surface area contributed by atoms with Crippen molar-refractivity contribution >= 4 is 5.97 Å². The molecule has 1 heterocycles. The zero-order valence-corrected chi connectivity index (χ0v) is 20.1. The van der Waals surface area contributed by atoms with Crippen molar-refractivity contribution in [1.29, 1.82) is 0 Å². The number of carbonyl (C=O) groups excluding carboxylic acids is 1. The Kier molecular flexibility index (Phi) is 9.14. The Morgan fingerprint density at radius 2 is 1.67 bits per heavy atom. The van der Waals surface area contributed by atoms with E-state index in [4.69, 9.17) is 14.2 Å². The van der Waals surface area contributed by atoms with Crippen LogP contribution in [0.1, 0.15) is 44.9 Å². The summed E-state index contributed by atoms with van der Waals surface area (Å²) in [6, 6.07) is 20.6. The second-order valence-corrected chi connectivity index (χ2v) is 8.26.